The zero-order chi connectivity index (χ0) is 15.7. The third-order valence-corrected chi connectivity index (χ3v) is 3.69. The molecule has 3 N–H and O–H groups in total. The highest BCUT2D eigenvalue weighted by Gasteiger charge is 2.11. The highest BCUT2D eigenvalue weighted by Crippen LogP contribution is 2.10. The molecule has 1 aromatic heterocycles. The third-order valence-electron chi connectivity index (χ3n) is 2.93. The largest absolute Gasteiger partial charge is 0.374 e. The van der Waals surface area contributed by atoms with Gasteiger partial charge in [0.15, 0.2) is 5.36 Å². The minimum atomic E-state index is -0.514. The summed E-state index contributed by atoms with van der Waals surface area (Å²) in [5.74, 6) is -0.514. The highest BCUT2D eigenvalue weighted by molar-refractivity contribution is 7.15. The lowest BCUT2D eigenvalue weighted by Gasteiger charge is -1.93. The van der Waals surface area contributed by atoms with Crippen LogP contribution < -0.4 is 27.4 Å². The number of nitrogens with zero attached hydrogens (tertiary/aromatic N) is 3. The Hall–Kier alpha value is -2.94. The molecule has 0 aliphatic carbocycles. The second-order valence-electron chi connectivity index (χ2n) is 4.41. The molecule has 0 atom stereocenters. The molecule has 1 amide bonds. The van der Waals surface area contributed by atoms with E-state index >= 15 is 0 Å². The minimum absolute atomic E-state index is 0.0824. The first-order valence-electron chi connectivity index (χ1n) is 6.19. The molecule has 22 heavy (non-hydrogen) atoms. The quantitative estimate of drug-likeness (QED) is 0.599. The zero-order valence-corrected chi connectivity index (χ0v) is 11.9. The van der Waals surface area contributed by atoms with Crippen molar-refractivity contribution in [3.63, 3.8) is 0 Å². The monoisotopic (exact) mass is 315 g/mol. The fourth-order valence-corrected chi connectivity index (χ4v) is 2.58. The standard InChI is InChI=1S/C13H9N5O3S/c14-13-18-16-9(22-13)5-8(19)15-17-10-11(20)6-3-1-2-4-7(6)12(10)21/h1-4H,5H2,(H2,14,18)(H,15,19). The lowest BCUT2D eigenvalue weighted by molar-refractivity contribution is -0.120. The van der Waals surface area contributed by atoms with E-state index in [1.807, 2.05) is 0 Å². The van der Waals surface area contributed by atoms with Crippen molar-refractivity contribution in [3.05, 3.63) is 55.1 Å². The van der Waals surface area contributed by atoms with Gasteiger partial charge in [-0.15, -0.1) is 10.2 Å². The van der Waals surface area contributed by atoms with Crippen LogP contribution in [0.1, 0.15) is 5.01 Å². The number of amides is 1. The molecular weight excluding hydrogens is 306 g/mol. The van der Waals surface area contributed by atoms with E-state index in [1.54, 1.807) is 24.3 Å². The summed E-state index contributed by atoms with van der Waals surface area (Å²) in [7, 11) is 0. The van der Waals surface area contributed by atoms with E-state index in [4.69, 9.17) is 5.73 Å². The number of fused-ring (bicyclic) bond motifs is 1. The van der Waals surface area contributed by atoms with Crippen LogP contribution in [0.5, 0.6) is 0 Å². The second-order valence-corrected chi connectivity index (χ2v) is 5.50. The van der Waals surface area contributed by atoms with Crippen molar-refractivity contribution >= 4 is 33.1 Å². The summed E-state index contributed by atoms with van der Waals surface area (Å²) >= 11 is 1.08. The first kappa shape index (κ1) is 14.0. The molecule has 9 heteroatoms. The first-order chi connectivity index (χ1) is 10.6. The smallest absolute Gasteiger partial charge is 0.247 e. The van der Waals surface area contributed by atoms with Gasteiger partial charge in [0.1, 0.15) is 5.01 Å². The van der Waals surface area contributed by atoms with Gasteiger partial charge in [-0.3, -0.25) is 14.4 Å². The summed E-state index contributed by atoms with van der Waals surface area (Å²) < 4.78 is 0. The lowest BCUT2D eigenvalue weighted by Crippen LogP contribution is -2.36. The zero-order valence-electron chi connectivity index (χ0n) is 11.1. The summed E-state index contributed by atoms with van der Waals surface area (Å²) in [6.45, 7) is 0. The summed E-state index contributed by atoms with van der Waals surface area (Å²) in [5.41, 5.74) is 6.59. The Morgan fingerprint density at radius 1 is 1.18 bits per heavy atom. The van der Waals surface area contributed by atoms with Crippen LogP contribution in [0, 0.1) is 0 Å². The van der Waals surface area contributed by atoms with Gasteiger partial charge in [-0.2, -0.15) is 5.10 Å². The number of nitrogens with one attached hydrogen (secondary N) is 1. The molecule has 0 bridgehead atoms. The van der Waals surface area contributed by atoms with E-state index in [0.717, 1.165) is 11.3 Å². The summed E-state index contributed by atoms with van der Waals surface area (Å²) in [4.78, 5) is 35.8. The van der Waals surface area contributed by atoms with Crippen LogP contribution in [0.4, 0.5) is 5.13 Å². The maximum atomic E-state index is 12.0. The second kappa shape index (κ2) is 5.45. The molecule has 0 saturated carbocycles. The molecule has 2 aromatic carbocycles. The van der Waals surface area contributed by atoms with Crippen LogP contribution in [0.2, 0.25) is 0 Å². The van der Waals surface area contributed by atoms with Crippen molar-refractivity contribution in [2.24, 2.45) is 5.10 Å². The number of nitrogen functional groups attached to an aromatic ring is 1. The molecular formula is C13H9N5O3S. The number of rotatable bonds is 3. The molecule has 1 heterocycles. The van der Waals surface area contributed by atoms with Gasteiger partial charge in [-0.1, -0.05) is 35.6 Å². The van der Waals surface area contributed by atoms with Gasteiger partial charge in [0.05, 0.1) is 6.42 Å². The van der Waals surface area contributed by atoms with E-state index in [1.165, 1.54) is 0 Å². The number of benzene rings is 1. The van der Waals surface area contributed by atoms with Crippen molar-refractivity contribution in [2.45, 2.75) is 6.42 Å². The predicted molar refractivity (Wildman–Crippen MR) is 80.6 cm³/mol. The molecule has 0 aliphatic rings. The maximum Gasteiger partial charge on any atom is 0.247 e. The Balaban J connectivity index is 1.88. The third kappa shape index (κ3) is 2.49. The Morgan fingerprint density at radius 2 is 1.82 bits per heavy atom. The minimum Gasteiger partial charge on any atom is -0.374 e. The molecule has 8 nitrogen and oxygen atoms in total. The van der Waals surface area contributed by atoms with Gasteiger partial charge < -0.3 is 5.73 Å². The Morgan fingerprint density at radius 3 is 2.36 bits per heavy atom. The van der Waals surface area contributed by atoms with Gasteiger partial charge in [0.2, 0.25) is 21.9 Å². The number of aromatic nitrogens is 2. The number of hydrogen-bond donors (Lipinski definition) is 2. The van der Waals surface area contributed by atoms with Gasteiger partial charge in [-0.05, 0) is 0 Å². The number of carbonyl (C=O) groups excluding carboxylic acids is 1. The van der Waals surface area contributed by atoms with Crippen molar-refractivity contribution in [1.29, 1.82) is 0 Å². The fourth-order valence-electron chi connectivity index (χ4n) is 1.97. The highest BCUT2D eigenvalue weighted by atomic mass is 32.1. The molecule has 0 aliphatic heterocycles. The normalized spacial score (nSPS) is 10.7. The molecule has 0 spiro atoms. The first-order valence-corrected chi connectivity index (χ1v) is 7.00. The number of carbonyl (C=O) groups is 1. The van der Waals surface area contributed by atoms with Crippen molar-refractivity contribution in [2.75, 3.05) is 5.73 Å². The van der Waals surface area contributed by atoms with Crippen LogP contribution in [0.25, 0.3) is 10.8 Å². The van der Waals surface area contributed by atoms with Crippen molar-refractivity contribution in [1.82, 2.24) is 15.6 Å². The van der Waals surface area contributed by atoms with E-state index < -0.39 is 16.8 Å². The number of anilines is 1. The van der Waals surface area contributed by atoms with Crippen LogP contribution in [0.15, 0.2) is 39.0 Å². The van der Waals surface area contributed by atoms with E-state index in [0.29, 0.717) is 5.01 Å². The Labute approximate surface area is 126 Å². The molecule has 3 aromatic rings. The van der Waals surface area contributed by atoms with Crippen LogP contribution in [-0.4, -0.2) is 16.1 Å². The Kier molecular flexibility index (Phi) is 3.47. The predicted octanol–water partition coefficient (Wildman–Crippen LogP) is -0.956. The summed E-state index contributed by atoms with van der Waals surface area (Å²) in [6.07, 6.45) is -0.0824. The molecule has 3 rings (SSSR count). The molecule has 110 valence electrons. The number of nitrogens with two attached hydrogens (primary N) is 1. The van der Waals surface area contributed by atoms with E-state index in [9.17, 15) is 14.4 Å². The summed E-state index contributed by atoms with van der Waals surface area (Å²) in [6, 6.07) is 6.41. The van der Waals surface area contributed by atoms with E-state index in [2.05, 4.69) is 20.7 Å². The van der Waals surface area contributed by atoms with Gasteiger partial charge >= 0.3 is 0 Å². The maximum absolute atomic E-state index is 12.0. The van der Waals surface area contributed by atoms with Gasteiger partial charge in [0, 0.05) is 10.8 Å². The van der Waals surface area contributed by atoms with Crippen molar-refractivity contribution < 1.29 is 4.79 Å². The van der Waals surface area contributed by atoms with Gasteiger partial charge in [-0.25, -0.2) is 5.43 Å². The Bertz CT molecular complexity index is 966. The van der Waals surface area contributed by atoms with Gasteiger partial charge in [0.25, 0.3) is 0 Å². The van der Waals surface area contributed by atoms with Crippen LogP contribution in [-0.2, 0) is 11.2 Å². The fraction of sp³-hybridized carbons (Fsp3) is 0.0769. The molecule has 0 unspecified atom stereocenters. The molecule has 0 saturated heterocycles. The van der Waals surface area contributed by atoms with Crippen molar-refractivity contribution in [3.8, 4) is 0 Å². The van der Waals surface area contributed by atoms with E-state index in [-0.39, 0.29) is 27.7 Å². The van der Waals surface area contributed by atoms with Crippen LogP contribution >= 0.6 is 11.3 Å². The SMILES string of the molecule is Nc1nnc(CC(=O)NN=c2c(=O)c3ccccc3c2=O)s1. The van der Waals surface area contributed by atoms with Crippen LogP contribution in [0.3, 0.4) is 0 Å². The summed E-state index contributed by atoms with van der Waals surface area (Å²) in [5, 5.41) is 11.9. The number of hydrogen-bond acceptors (Lipinski definition) is 8. The molecule has 0 radical (unpaired) electrons. The average molecular weight is 315 g/mol. The topological polar surface area (TPSA) is 127 Å². The molecule has 0 fully saturated rings. The average Bonchev–Trinajstić information content (AvgIpc) is 3.01. The lowest BCUT2D eigenvalue weighted by atomic mass is 10.2.